The predicted molar refractivity (Wildman–Crippen MR) is 89.7 cm³/mol. The maximum atomic E-state index is 12.0. The van der Waals surface area contributed by atoms with Crippen LogP contribution in [-0.2, 0) is 0 Å². The molecule has 0 radical (unpaired) electrons. The minimum atomic E-state index is -0.474. The van der Waals surface area contributed by atoms with E-state index in [0.717, 1.165) is 11.4 Å². The molecule has 0 spiro atoms. The summed E-state index contributed by atoms with van der Waals surface area (Å²) in [4.78, 5) is 23.0. The number of hydrogen-bond acceptors (Lipinski definition) is 4. The number of nitrogens with one attached hydrogen (secondary N) is 1. The van der Waals surface area contributed by atoms with Crippen molar-refractivity contribution in [1.29, 1.82) is 0 Å². The lowest BCUT2D eigenvalue weighted by atomic mass is 10.1. The molecular weight excluding hydrogens is 292 g/mol. The molecule has 0 unspecified atom stereocenters. The molecule has 0 heterocycles. The Kier molecular flexibility index (Phi) is 5.52. The Labute approximate surface area is 134 Å². The first-order valence-electron chi connectivity index (χ1n) is 7.20. The van der Waals surface area contributed by atoms with Gasteiger partial charge in [-0.2, -0.15) is 0 Å². The van der Waals surface area contributed by atoms with Crippen LogP contribution in [0.15, 0.2) is 60.8 Å². The van der Waals surface area contributed by atoms with E-state index < -0.39 is 5.91 Å². The molecule has 23 heavy (non-hydrogen) atoms. The number of ether oxygens (including phenoxy) is 1. The molecule has 0 fully saturated rings. The van der Waals surface area contributed by atoms with Crippen LogP contribution >= 0.6 is 0 Å². The van der Waals surface area contributed by atoms with Crippen molar-refractivity contribution in [1.82, 2.24) is 0 Å². The van der Waals surface area contributed by atoms with E-state index in [0.29, 0.717) is 17.7 Å². The topological polar surface area (TPSA) is 81.4 Å². The SMILES string of the molecule is CCOc1ccc(C(=O)/C=C/Nc2ccc(C(N)=O)cc2)cc1. The summed E-state index contributed by atoms with van der Waals surface area (Å²) in [6.07, 6.45) is 3.00. The molecule has 5 nitrogen and oxygen atoms in total. The second-order valence-electron chi connectivity index (χ2n) is 4.74. The van der Waals surface area contributed by atoms with E-state index in [1.165, 1.54) is 6.08 Å². The summed E-state index contributed by atoms with van der Waals surface area (Å²) in [7, 11) is 0. The number of anilines is 1. The standard InChI is InChI=1S/C18H18N2O3/c1-2-23-16-9-5-13(6-10-16)17(21)11-12-20-15-7-3-14(4-8-15)18(19)22/h3-12,20H,2H2,1H3,(H2,19,22)/b12-11+. The monoisotopic (exact) mass is 310 g/mol. The van der Waals surface area contributed by atoms with Crippen LogP contribution in [0.4, 0.5) is 5.69 Å². The summed E-state index contributed by atoms with van der Waals surface area (Å²) in [6.45, 7) is 2.50. The van der Waals surface area contributed by atoms with Gasteiger partial charge >= 0.3 is 0 Å². The zero-order chi connectivity index (χ0) is 16.7. The largest absolute Gasteiger partial charge is 0.494 e. The van der Waals surface area contributed by atoms with E-state index in [2.05, 4.69) is 5.32 Å². The van der Waals surface area contributed by atoms with Crippen LogP contribution in [0.25, 0.3) is 0 Å². The Balaban J connectivity index is 1.94. The fourth-order valence-electron chi connectivity index (χ4n) is 1.92. The molecule has 0 bridgehead atoms. The second-order valence-corrected chi connectivity index (χ2v) is 4.74. The quantitative estimate of drug-likeness (QED) is 0.608. The predicted octanol–water partition coefficient (Wildman–Crippen LogP) is 2.99. The lowest BCUT2D eigenvalue weighted by Crippen LogP contribution is -2.10. The Hall–Kier alpha value is -3.08. The number of rotatable bonds is 7. The van der Waals surface area contributed by atoms with Gasteiger partial charge in [-0.15, -0.1) is 0 Å². The second kappa shape index (κ2) is 7.79. The van der Waals surface area contributed by atoms with Gasteiger partial charge in [-0.1, -0.05) is 0 Å². The van der Waals surface area contributed by atoms with Gasteiger partial charge in [0.2, 0.25) is 5.91 Å². The number of primary amides is 1. The van der Waals surface area contributed by atoms with E-state index in [9.17, 15) is 9.59 Å². The summed E-state index contributed by atoms with van der Waals surface area (Å²) in [5.41, 5.74) is 6.94. The highest BCUT2D eigenvalue weighted by Gasteiger charge is 2.02. The highest BCUT2D eigenvalue weighted by Crippen LogP contribution is 2.13. The van der Waals surface area contributed by atoms with Crippen LogP contribution < -0.4 is 15.8 Å². The van der Waals surface area contributed by atoms with Crippen LogP contribution in [0, 0.1) is 0 Å². The zero-order valence-corrected chi connectivity index (χ0v) is 12.8. The number of allylic oxidation sites excluding steroid dienone is 1. The van der Waals surface area contributed by atoms with Gasteiger partial charge in [0.25, 0.3) is 0 Å². The molecule has 0 atom stereocenters. The third-order valence-electron chi connectivity index (χ3n) is 3.10. The number of nitrogens with two attached hydrogens (primary N) is 1. The maximum Gasteiger partial charge on any atom is 0.248 e. The lowest BCUT2D eigenvalue weighted by Gasteiger charge is -2.03. The molecule has 0 aliphatic rings. The molecule has 0 saturated heterocycles. The molecule has 2 aromatic carbocycles. The van der Waals surface area contributed by atoms with Crippen molar-refractivity contribution in [3.63, 3.8) is 0 Å². The number of carbonyl (C=O) groups excluding carboxylic acids is 2. The van der Waals surface area contributed by atoms with E-state index in [1.807, 2.05) is 6.92 Å². The van der Waals surface area contributed by atoms with E-state index in [1.54, 1.807) is 54.7 Å². The van der Waals surface area contributed by atoms with E-state index in [4.69, 9.17) is 10.5 Å². The van der Waals surface area contributed by atoms with Crippen molar-refractivity contribution in [2.24, 2.45) is 5.73 Å². The zero-order valence-electron chi connectivity index (χ0n) is 12.8. The van der Waals surface area contributed by atoms with Crippen molar-refractivity contribution in [3.05, 3.63) is 71.9 Å². The molecule has 2 rings (SSSR count). The maximum absolute atomic E-state index is 12.0. The average Bonchev–Trinajstić information content (AvgIpc) is 2.56. The number of ketones is 1. The Morgan fingerprint density at radius 2 is 1.65 bits per heavy atom. The molecule has 3 N–H and O–H groups in total. The van der Waals surface area contributed by atoms with Crippen molar-refractivity contribution >= 4 is 17.4 Å². The molecule has 1 amide bonds. The highest BCUT2D eigenvalue weighted by molar-refractivity contribution is 6.04. The fraction of sp³-hybridized carbons (Fsp3) is 0.111. The minimum absolute atomic E-state index is 0.116. The summed E-state index contributed by atoms with van der Waals surface area (Å²) < 4.78 is 5.33. The molecule has 0 aliphatic heterocycles. The molecule has 5 heteroatoms. The van der Waals surface area contributed by atoms with Crippen LogP contribution in [0.2, 0.25) is 0 Å². The number of amides is 1. The van der Waals surface area contributed by atoms with Gasteiger partial charge < -0.3 is 15.8 Å². The van der Waals surface area contributed by atoms with Gasteiger partial charge in [0.05, 0.1) is 6.61 Å². The van der Waals surface area contributed by atoms with Crippen molar-refractivity contribution < 1.29 is 14.3 Å². The molecule has 118 valence electrons. The minimum Gasteiger partial charge on any atom is -0.494 e. The lowest BCUT2D eigenvalue weighted by molar-refractivity contribution is 0.0999. The van der Waals surface area contributed by atoms with Gasteiger partial charge in [0.1, 0.15) is 5.75 Å². The smallest absolute Gasteiger partial charge is 0.248 e. The molecule has 0 aliphatic carbocycles. The first-order valence-corrected chi connectivity index (χ1v) is 7.20. The normalized spacial score (nSPS) is 10.5. The van der Waals surface area contributed by atoms with Gasteiger partial charge in [0.15, 0.2) is 5.78 Å². The van der Waals surface area contributed by atoms with Crippen molar-refractivity contribution in [2.75, 3.05) is 11.9 Å². The number of benzene rings is 2. The number of carbonyl (C=O) groups is 2. The molecule has 2 aromatic rings. The first kappa shape index (κ1) is 16.3. The van der Waals surface area contributed by atoms with Gasteiger partial charge in [-0.3, -0.25) is 9.59 Å². The third kappa shape index (κ3) is 4.71. The van der Waals surface area contributed by atoms with E-state index in [-0.39, 0.29) is 5.78 Å². The van der Waals surface area contributed by atoms with Gasteiger partial charge in [-0.05, 0) is 55.5 Å². The van der Waals surface area contributed by atoms with Crippen LogP contribution in [0.5, 0.6) is 5.75 Å². The summed E-state index contributed by atoms with van der Waals surface area (Å²) in [6, 6.07) is 13.6. The Morgan fingerprint density at radius 1 is 1.04 bits per heavy atom. The van der Waals surface area contributed by atoms with E-state index >= 15 is 0 Å². The number of hydrogen-bond donors (Lipinski definition) is 2. The van der Waals surface area contributed by atoms with Crippen molar-refractivity contribution in [2.45, 2.75) is 6.92 Å². The first-order chi connectivity index (χ1) is 11.1. The molecular formula is C18H18N2O3. The Bertz CT molecular complexity index is 704. The van der Waals surface area contributed by atoms with Crippen LogP contribution in [0.3, 0.4) is 0 Å². The third-order valence-corrected chi connectivity index (χ3v) is 3.10. The van der Waals surface area contributed by atoms with Gasteiger partial charge in [0, 0.05) is 29.1 Å². The van der Waals surface area contributed by atoms with Crippen molar-refractivity contribution in [3.8, 4) is 5.75 Å². The molecule has 0 saturated carbocycles. The van der Waals surface area contributed by atoms with Crippen LogP contribution in [-0.4, -0.2) is 18.3 Å². The highest BCUT2D eigenvalue weighted by atomic mass is 16.5. The summed E-state index contributed by atoms with van der Waals surface area (Å²) in [5.74, 6) is 0.146. The fourth-order valence-corrected chi connectivity index (χ4v) is 1.92. The molecule has 0 aromatic heterocycles. The Morgan fingerprint density at radius 3 is 2.22 bits per heavy atom. The average molecular weight is 310 g/mol. The van der Waals surface area contributed by atoms with Crippen LogP contribution in [0.1, 0.15) is 27.6 Å². The summed E-state index contributed by atoms with van der Waals surface area (Å²) >= 11 is 0. The van der Waals surface area contributed by atoms with Gasteiger partial charge in [-0.25, -0.2) is 0 Å². The summed E-state index contributed by atoms with van der Waals surface area (Å²) in [5, 5.41) is 2.96.